The minimum Gasteiger partial charge on any atom is -0.466 e. The molecule has 0 spiro atoms. The third kappa shape index (κ3) is 10.8. The van der Waals surface area contributed by atoms with Crippen molar-refractivity contribution in [3.63, 3.8) is 0 Å². The standard InChI is InChI=1S/C12H20N2O5/c1-12(2,3)14-11(17)13-7-8-19-10(16)6-5-9(15)18-4/h5-6H,7-8H2,1-4H3,(H2,13,14,17)/b6-5+. The normalized spacial score (nSPS) is 10.9. The molecule has 0 bridgehead atoms. The maximum atomic E-state index is 11.3. The number of hydrogen-bond acceptors (Lipinski definition) is 5. The van der Waals surface area contributed by atoms with Gasteiger partial charge in [0.15, 0.2) is 0 Å². The Bertz CT molecular complexity index is 358. The molecule has 2 N–H and O–H groups in total. The zero-order valence-electron chi connectivity index (χ0n) is 11.6. The van der Waals surface area contributed by atoms with Crippen molar-refractivity contribution in [1.82, 2.24) is 10.6 Å². The number of carbonyl (C=O) groups excluding carboxylic acids is 3. The zero-order chi connectivity index (χ0) is 14.9. The number of carbonyl (C=O) groups is 3. The van der Waals surface area contributed by atoms with Gasteiger partial charge in [-0.2, -0.15) is 0 Å². The van der Waals surface area contributed by atoms with E-state index in [0.717, 1.165) is 12.2 Å². The molecule has 108 valence electrons. The zero-order valence-corrected chi connectivity index (χ0v) is 11.6. The number of urea groups is 1. The Balaban J connectivity index is 3.75. The van der Waals surface area contributed by atoms with Gasteiger partial charge in [0.25, 0.3) is 0 Å². The van der Waals surface area contributed by atoms with Gasteiger partial charge in [-0.3, -0.25) is 0 Å². The van der Waals surface area contributed by atoms with Crippen LogP contribution in [0.5, 0.6) is 0 Å². The van der Waals surface area contributed by atoms with E-state index in [2.05, 4.69) is 15.4 Å². The first-order chi connectivity index (χ1) is 8.74. The fourth-order valence-corrected chi connectivity index (χ4v) is 0.953. The fraction of sp³-hybridized carbons (Fsp3) is 0.583. The molecule has 0 aromatic heterocycles. The van der Waals surface area contributed by atoms with E-state index >= 15 is 0 Å². The summed E-state index contributed by atoms with van der Waals surface area (Å²) in [6.45, 7) is 5.75. The summed E-state index contributed by atoms with van der Waals surface area (Å²) in [6, 6.07) is -0.339. The van der Waals surface area contributed by atoms with E-state index in [4.69, 9.17) is 4.74 Å². The molecule has 0 saturated carbocycles. The van der Waals surface area contributed by atoms with Crippen LogP contribution in [0, 0.1) is 0 Å². The average Bonchev–Trinajstić information content (AvgIpc) is 2.29. The van der Waals surface area contributed by atoms with Crippen LogP contribution in [0.3, 0.4) is 0 Å². The van der Waals surface area contributed by atoms with Crippen molar-refractivity contribution in [2.24, 2.45) is 0 Å². The van der Waals surface area contributed by atoms with Crippen LogP contribution < -0.4 is 10.6 Å². The summed E-state index contributed by atoms with van der Waals surface area (Å²) in [6.07, 6.45) is 1.92. The van der Waals surface area contributed by atoms with Gasteiger partial charge in [0, 0.05) is 17.7 Å². The van der Waals surface area contributed by atoms with Crippen molar-refractivity contribution in [2.45, 2.75) is 26.3 Å². The van der Waals surface area contributed by atoms with Gasteiger partial charge in [-0.15, -0.1) is 0 Å². The largest absolute Gasteiger partial charge is 0.466 e. The Hall–Kier alpha value is -2.05. The van der Waals surface area contributed by atoms with Gasteiger partial charge >= 0.3 is 18.0 Å². The van der Waals surface area contributed by atoms with Gasteiger partial charge in [-0.05, 0) is 20.8 Å². The highest BCUT2D eigenvalue weighted by Crippen LogP contribution is 1.97. The quantitative estimate of drug-likeness (QED) is 0.428. The Labute approximate surface area is 112 Å². The molecule has 0 aliphatic heterocycles. The van der Waals surface area contributed by atoms with Gasteiger partial charge in [0.05, 0.1) is 13.7 Å². The Morgan fingerprint density at radius 3 is 2.21 bits per heavy atom. The average molecular weight is 272 g/mol. The lowest BCUT2D eigenvalue weighted by atomic mass is 10.1. The number of amides is 2. The highest BCUT2D eigenvalue weighted by Gasteiger charge is 2.12. The van der Waals surface area contributed by atoms with E-state index in [1.54, 1.807) is 0 Å². The molecule has 7 nitrogen and oxygen atoms in total. The number of esters is 2. The molecule has 0 radical (unpaired) electrons. The molecule has 0 heterocycles. The Morgan fingerprint density at radius 2 is 1.68 bits per heavy atom. The molecule has 2 amide bonds. The molecule has 0 unspecified atom stereocenters. The number of hydrogen-bond donors (Lipinski definition) is 2. The second-order valence-corrected chi connectivity index (χ2v) is 4.65. The number of rotatable bonds is 5. The summed E-state index contributed by atoms with van der Waals surface area (Å²) in [5.41, 5.74) is -0.329. The summed E-state index contributed by atoms with van der Waals surface area (Å²) in [5.74, 6) is -1.32. The second-order valence-electron chi connectivity index (χ2n) is 4.65. The van der Waals surface area contributed by atoms with Crippen LogP contribution in [0.1, 0.15) is 20.8 Å². The number of nitrogens with one attached hydrogen (secondary N) is 2. The minimum absolute atomic E-state index is 0.0158. The van der Waals surface area contributed by atoms with E-state index in [1.165, 1.54) is 7.11 Å². The lowest BCUT2D eigenvalue weighted by molar-refractivity contribution is -0.139. The first-order valence-electron chi connectivity index (χ1n) is 5.73. The third-order valence-corrected chi connectivity index (χ3v) is 1.68. The molecule has 0 aliphatic rings. The first-order valence-corrected chi connectivity index (χ1v) is 5.73. The van der Waals surface area contributed by atoms with E-state index in [9.17, 15) is 14.4 Å². The summed E-state index contributed by atoms with van der Waals surface area (Å²) in [4.78, 5) is 33.1. The molecule has 0 aliphatic carbocycles. The van der Waals surface area contributed by atoms with Crippen LogP contribution >= 0.6 is 0 Å². The second kappa shape index (κ2) is 8.12. The lowest BCUT2D eigenvalue weighted by Crippen LogP contribution is -2.47. The summed E-state index contributed by atoms with van der Waals surface area (Å²) in [5, 5.41) is 5.22. The van der Waals surface area contributed by atoms with Crippen LogP contribution in [0.15, 0.2) is 12.2 Å². The highest BCUT2D eigenvalue weighted by atomic mass is 16.5. The molecular weight excluding hydrogens is 252 g/mol. The topological polar surface area (TPSA) is 93.7 Å². The smallest absolute Gasteiger partial charge is 0.331 e. The maximum absolute atomic E-state index is 11.3. The van der Waals surface area contributed by atoms with Gasteiger partial charge in [0.1, 0.15) is 6.61 Å². The summed E-state index contributed by atoms with van der Waals surface area (Å²) < 4.78 is 9.05. The molecular formula is C12H20N2O5. The monoisotopic (exact) mass is 272 g/mol. The van der Waals surface area contributed by atoms with Crippen molar-refractivity contribution in [1.29, 1.82) is 0 Å². The predicted octanol–water partition coefficient (Wildman–Crippen LogP) is 0.356. The first kappa shape index (κ1) is 16.9. The van der Waals surface area contributed by atoms with E-state index in [0.29, 0.717) is 0 Å². The maximum Gasteiger partial charge on any atom is 0.331 e. The van der Waals surface area contributed by atoms with Crippen LogP contribution in [0.25, 0.3) is 0 Å². The molecule has 0 atom stereocenters. The van der Waals surface area contributed by atoms with E-state index in [1.807, 2.05) is 20.8 Å². The minimum atomic E-state index is -0.677. The summed E-state index contributed by atoms with van der Waals surface area (Å²) >= 11 is 0. The lowest BCUT2D eigenvalue weighted by Gasteiger charge is -2.20. The molecule has 7 heteroatoms. The van der Waals surface area contributed by atoms with Gasteiger partial charge in [-0.1, -0.05) is 0 Å². The van der Waals surface area contributed by atoms with Crippen LogP contribution in [-0.4, -0.2) is 43.8 Å². The van der Waals surface area contributed by atoms with Gasteiger partial charge in [0.2, 0.25) is 0 Å². The van der Waals surface area contributed by atoms with Crippen molar-refractivity contribution in [2.75, 3.05) is 20.3 Å². The van der Waals surface area contributed by atoms with Gasteiger partial charge in [-0.25, -0.2) is 14.4 Å². The third-order valence-electron chi connectivity index (χ3n) is 1.68. The van der Waals surface area contributed by atoms with Crippen LogP contribution in [0.2, 0.25) is 0 Å². The highest BCUT2D eigenvalue weighted by molar-refractivity contribution is 5.91. The SMILES string of the molecule is COC(=O)/C=C/C(=O)OCCNC(=O)NC(C)(C)C. The van der Waals surface area contributed by atoms with Gasteiger partial charge < -0.3 is 20.1 Å². The molecule has 0 fully saturated rings. The van der Waals surface area contributed by atoms with Crippen molar-refractivity contribution in [3.8, 4) is 0 Å². The van der Waals surface area contributed by atoms with E-state index in [-0.39, 0.29) is 24.7 Å². The molecule has 0 rings (SSSR count). The fourth-order valence-electron chi connectivity index (χ4n) is 0.953. The molecule has 0 aromatic rings. The van der Waals surface area contributed by atoms with Crippen molar-refractivity contribution in [3.05, 3.63) is 12.2 Å². The van der Waals surface area contributed by atoms with Crippen LogP contribution in [-0.2, 0) is 19.1 Å². The molecule has 0 aromatic carbocycles. The van der Waals surface area contributed by atoms with Crippen molar-refractivity contribution < 1.29 is 23.9 Å². The number of ether oxygens (including phenoxy) is 2. The number of methoxy groups -OCH3 is 1. The van der Waals surface area contributed by atoms with Crippen LogP contribution in [0.4, 0.5) is 4.79 Å². The predicted molar refractivity (Wildman–Crippen MR) is 68.4 cm³/mol. The molecule has 0 saturated heterocycles. The molecule has 19 heavy (non-hydrogen) atoms. The van der Waals surface area contributed by atoms with Crippen molar-refractivity contribution >= 4 is 18.0 Å². The van der Waals surface area contributed by atoms with E-state index < -0.39 is 11.9 Å². The Morgan fingerprint density at radius 1 is 1.11 bits per heavy atom. The Kier molecular flexibility index (Phi) is 7.25. The summed E-state index contributed by atoms with van der Waals surface area (Å²) in [7, 11) is 1.20.